The number of nitrogens with zero attached hydrogens (tertiary/aromatic N) is 3. The molecule has 1 saturated carbocycles. The largest absolute Gasteiger partial charge is 0.340 e. The lowest BCUT2D eigenvalue weighted by Gasteiger charge is -2.37. The van der Waals surface area contributed by atoms with Gasteiger partial charge in [0.05, 0.1) is 17.7 Å². The van der Waals surface area contributed by atoms with Gasteiger partial charge in [0.15, 0.2) is 0 Å². The van der Waals surface area contributed by atoms with Crippen molar-refractivity contribution in [2.24, 2.45) is 5.41 Å². The van der Waals surface area contributed by atoms with Crippen LogP contribution < -0.4 is 0 Å². The molecule has 2 aliphatic rings. The van der Waals surface area contributed by atoms with Crippen molar-refractivity contribution in [3.8, 4) is 0 Å². The van der Waals surface area contributed by atoms with Crippen LogP contribution in [-0.2, 0) is 11.3 Å². The van der Waals surface area contributed by atoms with Crippen molar-refractivity contribution in [2.75, 3.05) is 32.1 Å². The van der Waals surface area contributed by atoms with E-state index in [9.17, 15) is 4.79 Å². The molecule has 3 rings (SSSR count). The van der Waals surface area contributed by atoms with Gasteiger partial charge in [-0.25, -0.2) is 4.98 Å². The fourth-order valence-electron chi connectivity index (χ4n) is 2.75. The Balaban J connectivity index is 1.49. The third-order valence-electron chi connectivity index (χ3n) is 4.50. The molecule has 1 aromatic heterocycles. The van der Waals surface area contributed by atoms with Crippen LogP contribution in [0.1, 0.15) is 43.3 Å². The van der Waals surface area contributed by atoms with Gasteiger partial charge in [0.2, 0.25) is 5.91 Å². The van der Waals surface area contributed by atoms with Gasteiger partial charge in [-0.15, -0.1) is 22.9 Å². The Morgan fingerprint density at radius 1 is 1.36 bits per heavy atom. The second-order valence-corrected chi connectivity index (χ2v) is 8.24. The third kappa shape index (κ3) is 3.63. The molecule has 0 bridgehead atoms. The van der Waals surface area contributed by atoms with Gasteiger partial charge in [0.1, 0.15) is 5.01 Å². The summed E-state index contributed by atoms with van der Waals surface area (Å²) < 4.78 is 0. The molecule has 6 heteroatoms. The Hall–Kier alpha value is -0.650. The van der Waals surface area contributed by atoms with Crippen molar-refractivity contribution in [2.45, 2.75) is 39.2 Å². The van der Waals surface area contributed by atoms with Crippen molar-refractivity contribution >= 4 is 28.8 Å². The lowest BCUT2D eigenvalue weighted by molar-refractivity contribution is -0.141. The van der Waals surface area contributed by atoms with E-state index in [4.69, 9.17) is 16.6 Å². The molecule has 2 heterocycles. The average molecular weight is 342 g/mol. The molecule has 0 spiro atoms. The van der Waals surface area contributed by atoms with Gasteiger partial charge in [0.25, 0.3) is 0 Å². The number of carbonyl (C=O) groups is 1. The zero-order valence-electron chi connectivity index (χ0n) is 13.3. The zero-order chi connectivity index (χ0) is 15.7. The van der Waals surface area contributed by atoms with Crippen molar-refractivity contribution in [3.05, 3.63) is 16.1 Å². The molecule has 1 aliphatic heterocycles. The number of amides is 1. The van der Waals surface area contributed by atoms with Crippen molar-refractivity contribution in [3.63, 3.8) is 0 Å². The van der Waals surface area contributed by atoms with Gasteiger partial charge in [-0.05, 0) is 26.7 Å². The predicted molar refractivity (Wildman–Crippen MR) is 90.4 cm³/mol. The van der Waals surface area contributed by atoms with Crippen molar-refractivity contribution in [1.82, 2.24) is 14.8 Å². The topological polar surface area (TPSA) is 36.4 Å². The Labute approximate surface area is 141 Å². The number of thiazole rings is 1. The quantitative estimate of drug-likeness (QED) is 0.773. The summed E-state index contributed by atoms with van der Waals surface area (Å²) in [6, 6.07) is 0. The smallest absolute Gasteiger partial charge is 0.229 e. The van der Waals surface area contributed by atoms with E-state index in [-0.39, 0.29) is 5.91 Å². The number of hydrogen-bond acceptors (Lipinski definition) is 4. The molecule has 22 heavy (non-hydrogen) atoms. The summed E-state index contributed by atoms with van der Waals surface area (Å²) in [7, 11) is 0. The first-order chi connectivity index (χ1) is 10.5. The molecule has 1 saturated heterocycles. The average Bonchev–Trinajstić information content (AvgIpc) is 3.27. The van der Waals surface area contributed by atoms with E-state index < -0.39 is 5.41 Å². The maximum absolute atomic E-state index is 12.4. The molecule has 0 atom stereocenters. The lowest BCUT2D eigenvalue weighted by atomic mass is 9.94. The number of piperazine rings is 1. The van der Waals surface area contributed by atoms with Gasteiger partial charge in [-0.3, -0.25) is 9.69 Å². The van der Waals surface area contributed by atoms with Crippen LogP contribution in [0.15, 0.2) is 5.38 Å². The fourth-order valence-corrected chi connectivity index (χ4v) is 3.78. The van der Waals surface area contributed by atoms with Gasteiger partial charge < -0.3 is 4.90 Å². The number of aromatic nitrogens is 1. The van der Waals surface area contributed by atoms with E-state index >= 15 is 0 Å². The van der Waals surface area contributed by atoms with E-state index in [0.717, 1.165) is 38.6 Å². The Morgan fingerprint density at radius 2 is 2.05 bits per heavy atom. The van der Waals surface area contributed by atoms with Gasteiger partial charge in [0, 0.05) is 43.4 Å². The number of hydrogen-bond donors (Lipinski definition) is 0. The predicted octanol–water partition coefficient (Wildman–Crippen LogP) is 2.93. The molecule has 0 unspecified atom stereocenters. The fraction of sp³-hybridized carbons (Fsp3) is 0.750. The Bertz CT molecular complexity index is 533. The van der Waals surface area contributed by atoms with E-state index in [1.165, 1.54) is 23.5 Å². The Kier molecular flexibility index (Phi) is 4.76. The summed E-state index contributed by atoms with van der Waals surface area (Å²) in [6.45, 7) is 8.18. The summed E-state index contributed by atoms with van der Waals surface area (Å²) >= 11 is 7.69. The molecule has 0 aromatic carbocycles. The first kappa shape index (κ1) is 16.2. The van der Waals surface area contributed by atoms with Crippen LogP contribution in [0, 0.1) is 5.41 Å². The molecule has 1 aliphatic carbocycles. The van der Waals surface area contributed by atoms with Crippen LogP contribution in [0.5, 0.6) is 0 Å². The standard InChI is InChI=1S/C16H24ClN3OS/c1-16(2,11-17)15(21)20-7-5-19(6-8-20)9-14-18-13(10-22-14)12-3-4-12/h10,12H,3-9,11H2,1-2H3. The molecule has 1 amide bonds. The second kappa shape index (κ2) is 6.46. The summed E-state index contributed by atoms with van der Waals surface area (Å²) in [5.74, 6) is 1.28. The first-order valence-electron chi connectivity index (χ1n) is 8.01. The van der Waals surface area contributed by atoms with Crippen molar-refractivity contribution < 1.29 is 4.79 Å². The van der Waals surface area contributed by atoms with Crippen LogP contribution in [-0.4, -0.2) is 52.8 Å². The number of halogens is 1. The molecular weight excluding hydrogens is 318 g/mol. The normalized spacial score (nSPS) is 20.4. The Morgan fingerprint density at radius 3 is 2.64 bits per heavy atom. The first-order valence-corrected chi connectivity index (χ1v) is 9.43. The third-order valence-corrected chi connectivity index (χ3v) is 6.02. The van der Waals surface area contributed by atoms with E-state index in [1.807, 2.05) is 18.7 Å². The summed E-state index contributed by atoms with van der Waals surface area (Å²) in [4.78, 5) is 21.5. The molecule has 2 fully saturated rings. The molecular formula is C16H24ClN3OS. The maximum Gasteiger partial charge on any atom is 0.229 e. The number of rotatable bonds is 5. The lowest BCUT2D eigenvalue weighted by Crippen LogP contribution is -2.52. The SMILES string of the molecule is CC(C)(CCl)C(=O)N1CCN(Cc2nc(C3CC3)cs2)CC1. The summed E-state index contributed by atoms with van der Waals surface area (Å²) in [6.07, 6.45) is 2.61. The van der Waals surface area contributed by atoms with Gasteiger partial charge in [-0.2, -0.15) is 0 Å². The minimum Gasteiger partial charge on any atom is -0.340 e. The molecule has 0 radical (unpaired) electrons. The van der Waals surface area contributed by atoms with Crippen LogP contribution in [0.4, 0.5) is 0 Å². The highest BCUT2D eigenvalue weighted by Gasteiger charge is 2.33. The molecule has 122 valence electrons. The van der Waals surface area contributed by atoms with Crippen molar-refractivity contribution in [1.29, 1.82) is 0 Å². The van der Waals surface area contributed by atoms with Crippen LogP contribution in [0.25, 0.3) is 0 Å². The number of carbonyl (C=O) groups excluding carboxylic acids is 1. The molecule has 1 aromatic rings. The zero-order valence-corrected chi connectivity index (χ0v) is 14.9. The minimum atomic E-state index is -0.460. The van der Waals surface area contributed by atoms with Gasteiger partial charge in [-0.1, -0.05) is 0 Å². The highest BCUT2D eigenvalue weighted by Crippen LogP contribution is 2.40. The highest BCUT2D eigenvalue weighted by atomic mass is 35.5. The number of alkyl halides is 1. The van der Waals surface area contributed by atoms with Crippen LogP contribution in [0.2, 0.25) is 0 Å². The van der Waals surface area contributed by atoms with Crippen LogP contribution >= 0.6 is 22.9 Å². The van der Waals surface area contributed by atoms with E-state index in [2.05, 4.69) is 10.3 Å². The highest BCUT2D eigenvalue weighted by molar-refractivity contribution is 7.09. The summed E-state index contributed by atoms with van der Waals surface area (Å²) in [5.41, 5.74) is 0.829. The van der Waals surface area contributed by atoms with Crippen LogP contribution in [0.3, 0.4) is 0 Å². The maximum atomic E-state index is 12.4. The molecule has 4 nitrogen and oxygen atoms in total. The second-order valence-electron chi connectivity index (χ2n) is 7.03. The van der Waals surface area contributed by atoms with Gasteiger partial charge >= 0.3 is 0 Å². The van der Waals surface area contributed by atoms with E-state index in [1.54, 1.807) is 11.3 Å². The molecule has 0 N–H and O–H groups in total. The van der Waals surface area contributed by atoms with E-state index in [0.29, 0.717) is 5.88 Å². The summed E-state index contributed by atoms with van der Waals surface area (Å²) in [5, 5.41) is 3.43. The minimum absolute atomic E-state index is 0.174. The monoisotopic (exact) mass is 341 g/mol.